The number of amides is 1. The summed E-state index contributed by atoms with van der Waals surface area (Å²) in [6, 6.07) is 4.47. The van der Waals surface area contributed by atoms with Crippen molar-refractivity contribution in [1.82, 2.24) is 28.7 Å². The molecule has 0 radical (unpaired) electrons. The van der Waals surface area contributed by atoms with Crippen LogP contribution >= 0.6 is 0 Å². The second kappa shape index (κ2) is 7.87. The summed E-state index contributed by atoms with van der Waals surface area (Å²) >= 11 is 0. The molecule has 4 N–H and O–H groups in total. The van der Waals surface area contributed by atoms with Crippen LogP contribution in [0.2, 0.25) is 0 Å². The first-order valence-corrected chi connectivity index (χ1v) is 11.2. The Balaban J connectivity index is 1.62. The molecule has 5 rings (SSSR count). The van der Waals surface area contributed by atoms with E-state index in [1.807, 2.05) is 0 Å². The van der Waals surface area contributed by atoms with E-state index < -0.39 is 36.3 Å². The molecule has 12 heteroatoms. The van der Waals surface area contributed by atoms with E-state index >= 15 is 0 Å². The van der Waals surface area contributed by atoms with Gasteiger partial charge < -0.3 is 16.2 Å². The molecule has 4 aromatic heterocycles. The van der Waals surface area contributed by atoms with E-state index in [1.165, 1.54) is 22.2 Å². The largest absolute Gasteiger partial charge is 0.387 e. The number of pyridine rings is 1. The molecule has 0 spiro atoms. The molecule has 4 aromatic rings. The van der Waals surface area contributed by atoms with Crippen LogP contribution < -0.4 is 16.7 Å². The predicted octanol–water partition coefficient (Wildman–Crippen LogP) is 2.01. The highest BCUT2D eigenvalue weighted by Crippen LogP contribution is 2.45. The van der Waals surface area contributed by atoms with Gasteiger partial charge in [-0.1, -0.05) is 0 Å². The molecule has 1 saturated carbocycles. The molecule has 4 heterocycles. The maximum Gasteiger partial charge on any atom is 0.329 e. The van der Waals surface area contributed by atoms with Gasteiger partial charge in [0.05, 0.1) is 34.5 Å². The van der Waals surface area contributed by atoms with E-state index in [0.717, 1.165) is 4.57 Å². The van der Waals surface area contributed by atoms with Gasteiger partial charge in [-0.2, -0.15) is 0 Å². The minimum Gasteiger partial charge on any atom is -0.387 e. The van der Waals surface area contributed by atoms with Gasteiger partial charge in [-0.25, -0.2) is 23.7 Å². The number of rotatable bonds is 6. The number of nitrogens with zero attached hydrogens (tertiary/aromatic N) is 6. The Bertz CT molecular complexity index is 1630. The first-order chi connectivity index (χ1) is 17.7. The molecule has 11 nitrogen and oxygen atoms in total. The Morgan fingerprint density at radius 2 is 2.03 bits per heavy atom. The minimum atomic E-state index is -2.69. The fraction of sp³-hybridized carbons (Fsp3) is 0.435. The number of nitrogens with one attached hydrogen (secondary N) is 1. The number of primary amides is 1. The van der Waals surface area contributed by atoms with Crippen molar-refractivity contribution in [3.63, 3.8) is 0 Å². The van der Waals surface area contributed by atoms with Crippen molar-refractivity contribution < 1.29 is 18.4 Å². The monoisotopic (exact) mass is 485 g/mol. The number of alkyl halides is 1. The van der Waals surface area contributed by atoms with Gasteiger partial charge in [0.15, 0.2) is 5.82 Å². The maximum absolute atomic E-state index is 13.9. The standard InChI is InChI=1S/C23H27FN8O3/c1-11(2)31-15-7-18(26-10-16(15)30(4)22(31)35)27-17-6-5-14-19(12(3)33)28-21(32(14)29-17)23(20(25)34)8-13(24)9-23/h5-7,10-13,33H,8-9H2,1-4H3,(H2,25,34)(H,26,27,29)/i4D3. The lowest BCUT2D eigenvalue weighted by Gasteiger charge is -2.39. The highest BCUT2D eigenvalue weighted by Gasteiger charge is 2.54. The second-order valence-corrected chi connectivity index (χ2v) is 9.23. The van der Waals surface area contributed by atoms with E-state index in [2.05, 4.69) is 20.4 Å². The number of halogens is 1. The highest BCUT2D eigenvalue weighted by molar-refractivity contribution is 5.87. The number of hydrogen-bond donors (Lipinski definition) is 3. The van der Waals surface area contributed by atoms with Crippen molar-refractivity contribution in [1.29, 1.82) is 0 Å². The Hall–Kier alpha value is -3.80. The average molecular weight is 486 g/mol. The molecule has 0 bridgehead atoms. The Morgan fingerprint density at radius 1 is 1.29 bits per heavy atom. The van der Waals surface area contributed by atoms with Crippen LogP contribution in [0.3, 0.4) is 0 Å². The summed E-state index contributed by atoms with van der Waals surface area (Å²) in [4.78, 5) is 34.0. The first-order valence-electron chi connectivity index (χ1n) is 12.7. The van der Waals surface area contributed by atoms with E-state index in [1.54, 1.807) is 32.0 Å². The Kier molecular flexibility index (Phi) is 4.38. The van der Waals surface area contributed by atoms with Crippen LogP contribution in [-0.4, -0.2) is 45.9 Å². The Morgan fingerprint density at radius 3 is 2.63 bits per heavy atom. The van der Waals surface area contributed by atoms with E-state index in [4.69, 9.17) is 9.85 Å². The SMILES string of the molecule is [2H]C([2H])([2H])n1c(=O)n(C(C)C)c2cc(Nc3ccc4c(C(C)O)nc(C5(C(N)=O)CC(F)C5)n4n3)ncc21. The zero-order valence-corrected chi connectivity index (χ0v) is 19.4. The molecule has 0 aromatic carbocycles. The van der Waals surface area contributed by atoms with Gasteiger partial charge in [0.1, 0.15) is 23.2 Å². The van der Waals surface area contributed by atoms with Gasteiger partial charge in [0, 0.05) is 36.0 Å². The van der Waals surface area contributed by atoms with Crippen molar-refractivity contribution in [2.24, 2.45) is 12.7 Å². The van der Waals surface area contributed by atoms with Crippen molar-refractivity contribution in [2.75, 3.05) is 5.32 Å². The van der Waals surface area contributed by atoms with Gasteiger partial charge in [-0.3, -0.25) is 13.9 Å². The van der Waals surface area contributed by atoms with Crippen LogP contribution in [0.15, 0.2) is 29.2 Å². The number of anilines is 2. The fourth-order valence-electron chi connectivity index (χ4n) is 4.69. The number of aromatic nitrogens is 6. The lowest BCUT2D eigenvalue weighted by atomic mass is 9.66. The summed E-state index contributed by atoms with van der Waals surface area (Å²) in [5, 5.41) is 17.8. The molecule has 1 atom stereocenters. The quantitative estimate of drug-likeness (QED) is 0.379. The lowest BCUT2D eigenvalue weighted by molar-refractivity contribution is -0.129. The second-order valence-electron chi connectivity index (χ2n) is 9.23. The van der Waals surface area contributed by atoms with Crippen molar-refractivity contribution >= 4 is 34.1 Å². The predicted molar refractivity (Wildman–Crippen MR) is 127 cm³/mol. The van der Waals surface area contributed by atoms with Crippen LogP contribution in [0.5, 0.6) is 0 Å². The number of nitrogens with two attached hydrogens (primary N) is 1. The summed E-state index contributed by atoms with van der Waals surface area (Å²) in [5.74, 6) is -0.0473. The highest BCUT2D eigenvalue weighted by atomic mass is 19.1. The number of carbonyl (C=O) groups excluding carboxylic acids is 1. The number of imidazole rings is 2. The van der Waals surface area contributed by atoms with Gasteiger partial charge >= 0.3 is 5.69 Å². The number of fused-ring (bicyclic) bond motifs is 2. The average Bonchev–Trinajstić information content (AvgIpc) is 3.31. The summed E-state index contributed by atoms with van der Waals surface area (Å²) in [7, 11) is 0. The molecule has 0 aliphatic heterocycles. The van der Waals surface area contributed by atoms with E-state index in [0.29, 0.717) is 11.0 Å². The molecule has 1 fully saturated rings. The van der Waals surface area contributed by atoms with Gasteiger partial charge in [-0.05, 0) is 32.9 Å². The van der Waals surface area contributed by atoms with Gasteiger partial charge in [0.25, 0.3) is 0 Å². The number of aryl methyl sites for hydroxylation is 1. The van der Waals surface area contributed by atoms with Gasteiger partial charge in [0.2, 0.25) is 5.91 Å². The van der Waals surface area contributed by atoms with Crippen LogP contribution in [-0.2, 0) is 17.2 Å². The normalized spacial score (nSPS) is 22.6. The number of carbonyl (C=O) groups is 1. The number of hydrogen-bond acceptors (Lipinski definition) is 7. The minimum absolute atomic E-state index is 0.133. The summed E-state index contributed by atoms with van der Waals surface area (Å²) in [5.41, 5.74) is 4.85. The molecular formula is C23H27FN8O3. The smallest absolute Gasteiger partial charge is 0.329 e. The van der Waals surface area contributed by atoms with Crippen molar-refractivity contribution in [2.45, 2.75) is 57.3 Å². The van der Waals surface area contributed by atoms with Crippen LogP contribution in [0, 0.1) is 0 Å². The zero-order chi connectivity index (χ0) is 27.7. The molecule has 35 heavy (non-hydrogen) atoms. The van der Waals surface area contributed by atoms with Crippen molar-refractivity contribution in [3.8, 4) is 0 Å². The molecule has 184 valence electrons. The van der Waals surface area contributed by atoms with Gasteiger partial charge in [-0.15, -0.1) is 5.10 Å². The fourth-order valence-corrected chi connectivity index (χ4v) is 4.69. The zero-order valence-electron chi connectivity index (χ0n) is 22.4. The summed E-state index contributed by atoms with van der Waals surface area (Å²) < 4.78 is 40.7. The Labute approximate surface area is 203 Å². The molecule has 1 unspecified atom stereocenters. The third-order valence-corrected chi connectivity index (χ3v) is 6.49. The number of aliphatic hydroxyl groups is 1. The first kappa shape index (κ1) is 19.5. The molecule has 1 aliphatic rings. The van der Waals surface area contributed by atoms with Crippen LogP contribution in [0.4, 0.5) is 16.0 Å². The topological polar surface area (TPSA) is 145 Å². The third kappa shape index (κ3) is 3.39. The summed E-state index contributed by atoms with van der Waals surface area (Å²) in [6.45, 7) is 2.37. The molecular weight excluding hydrogens is 455 g/mol. The number of aliphatic hydroxyl groups excluding tert-OH is 1. The molecule has 1 amide bonds. The molecule has 0 saturated heterocycles. The van der Waals surface area contributed by atoms with Crippen molar-refractivity contribution in [3.05, 3.63) is 46.4 Å². The van der Waals surface area contributed by atoms with Crippen LogP contribution in [0.25, 0.3) is 16.6 Å². The lowest BCUT2D eigenvalue weighted by Crippen LogP contribution is -2.53. The third-order valence-electron chi connectivity index (χ3n) is 6.49. The van der Waals surface area contributed by atoms with E-state index in [-0.39, 0.29) is 47.6 Å². The van der Waals surface area contributed by atoms with E-state index in [9.17, 15) is 19.1 Å². The summed E-state index contributed by atoms with van der Waals surface area (Å²) in [6.07, 6.45) is -1.15. The van der Waals surface area contributed by atoms with Crippen LogP contribution in [0.1, 0.15) is 61.4 Å². The maximum atomic E-state index is 13.9. The molecule has 1 aliphatic carbocycles.